The van der Waals surface area contributed by atoms with E-state index in [0.717, 1.165) is 23.4 Å². The smallest absolute Gasteiger partial charge is 0.390 e. The highest BCUT2D eigenvalue weighted by Gasteiger charge is 2.31. The summed E-state index contributed by atoms with van der Waals surface area (Å²) in [5, 5.41) is 9.59. The van der Waals surface area contributed by atoms with Gasteiger partial charge in [-0.2, -0.15) is 13.2 Å². The summed E-state index contributed by atoms with van der Waals surface area (Å²) >= 11 is 0. The van der Waals surface area contributed by atoms with Crippen molar-refractivity contribution in [3.63, 3.8) is 0 Å². The number of aromatic nitrogens is 2. The number of nitrogens with zero attached hydrogens (tertiary/aromatic N) is 2. The monoisotopic (exact) mass is 320 g/mol. The lowest BCUT2D eigenvalue weighted by Crippen LogP contribution is -2.07. The van der Waals surface area contributed by atoms with Crippen LogP contribution in [0.1, 0.15) is 28.1 Å². The molecule has 3 rings (SSSR count). The molecule has 3 nitrogen and oxygen atoms in total. The first kappa shape index (κ1) is 15.6. The van der Waals surface area contributed by atoms with Gasteiger partial charge in [-0.1, -0.05) is 29.8 Å². The van der Waals surface area contributed by atoms with Crippen molar-refractivity contribution in [3.8, 4) is 0 Å². The number of aryl methyl sites for hydroxylation is 1. The minimum atomic E-state index is -4.43. The van der Waals surface area contributed by atoms with Crippen LogP contribution in [-0.2, 0) is 19.2 Å². The number of pyridine rings is 1. The lowest BCUT2D eigenvalue weighted by Gasteiger charge is -2.08. The number of benzene rings is 1. The fourth-order valence-electron chi connectivity index (χ4n) is 2.63. The average molecular weight is 320 g/mol. The second-order valence-electron chi connectivity index (χ2n) is 5.47. The van der Waals surface area contributed by atoms with Gasteiger partial charge in [-0.25, -0.2) is 4.98 Å². The van der Waals surface area contributed by atoms with Crippen molar-refractivity contribution in [2.75, 3.05) is 0 Å². The number of aliphatic hydroxyl groups is 1. The Hall–Kier alpha value is -2.34. The fraction of sp³-hybridized carbons (Fsp3) is 0.235. The van der Waals surface area contributed by atoms with Crippen molar-refractivity contribution in [2.24, 2.45) is 0 Å². The summed E-state index contributed by atoms with van der Waals surface area (Å²) < 4.78 is 39.9. The van der Waals surface area contributed by atoms with Crippen LogP contribution in [0.3, 0.4) is 0 Å². The topological polar surface area (TPSA) is 37.5 Å². The molecule has 1 N–H and O–H groups in total. The molecule has 0 fully saturated rings. The predicted molar refractivity (Wildman–Crippen MR) is 80.1 cm³/mol. The fourth-order valence-corrected chi connectivity index (χ4v) is 2.63. The Morgan fingerprint density at radius 2 is 1.96 bits per heavy atom. The lowest BCUT2D eigenvalue weighted by atomic mass is 10.1. The molecule has 23 heavy (non-hydrogen) atoms. The van der Waals surface area contributed by atoms with Gasteiger partial charge in [-0.3, -0.25) is 0 Å². The van der Waals surface area contributed by atoms with E-state index in [-0.39, 0.29) is 6.61 Å². The van der Waals surface area contributed by atoms with E-state index in [1.54, 1.807) is 0 Å². The van der Waals surface area contributed by atoms with Gasteiger partial charge in [0.05, 0.1) is 23.6 Å². The molecule has 2 aromatic heterocycles. The molecule has 3 aromatic rings. The third kappa shape index (κ3) is 3.07. The van der Waals surface area contributed by atoms with Gasteiger partial charge >= 0.3 is 6.18 Å². The average Bonchev–Trinajstić information content (AvgIpc) is 2.82. The van der Waals surface area contributed by atoms with Crippen LogP contribution < -0.4 is 0 Å². The highest BCUT2D eigenvalue weighted by atomic mass is 19.4. The van der Waals surface area contributed by atoms with Crippen LogP contribution in [0, 0.1) is 6.92 Å². The molecular formula is C17H15F3N2O. The summed E-state index contributed by atoms with van der Waals surface area (Å²) in [7, 11) is 0. The molecule has 0 bridgehead atoms. The lowest BCUT2D eigenvalue weighted by molar-refractivity contribution is -0.137. The van der Waals surface area contributed by atoms with Gasteiger partial charge < -0.3 is 9.51 Å². The van der Waals surface area contributed by atoms with Gasteiger partial charge in [0.25, 0.3) is 0 Å². The zero-order valence-electron chi connectivity index (χ0n) is 12.4. The van der Waals surface area contributed by atoms with E-state index in [1.165, 1.54) is 10.5 Å². The number of fused-ring (bicyclic) bond motifs is 1. The van der Waals surface area contributed by atoms with E-state index >= 15 is 0 Å². The maximum atomic E-state index is 12.9. The molecule has 120 valence electrons. The number of alkyl halides is 3. The summed E-state index contributed by atoms with van der Waals surface area (Å²) in [6, 6.07) is 10.1. The minimum Gasteiger partial charge on any atom is -0.390 e. The van der Waals surface area contributed by atoms with Crippen LogP contribution in [0.2, 0.25) is 0 Å². The molecule has 0 unspecified atom stereocenters. The summed E-state index contributed by atoms with van der Waals surface area (Å²) in [4.78, 5) is 4.37. The normalized spacial score (nSPS) is 12.0. The molecule has 0 spiro atoms. The predicted octanol–water partition coefficient (Wildman–Crippen LogP) is 3.74. The van der Waals surface area contributed by atoms with Crippen molar-refractivity contribution >= 4 is 5.65 Å². The van der Waals surface area contributed by atoms with Crippen molar-refractivity contribution in [1.82, 2.24) is 9.38 Å². The first-order valence-electron chi connectivity index (χ1n) is 7.12. The third-order valence-corrected chi connectivity index (χ3v) is 3.73. The summed E-state index contributed by atoms with van der Waals surface area (Å²) in [5.74, 6) is 0. The molecule has 0 atom stereocenters. The highest BCUT2D eigenvalue weighted by Crippen LogP contribution is 2.30. The zero-order chi connectivity index (χ0) is 16.6. The number of halogens is 3. The maximum absolute atomic E-state index is 12.9. The second-order valence-corrected chi connectivity index (χ2v) is 5.47. The number of aliphatic hydroxyl groups excluding tert-OH is 1. The Kier molecular flexibility index (Phi) is 3.85. The van der Waals surface area contributed by atoms with E-state index in [9.17, 15) is 18.3 Å². The van der Waals surface area contributed by atoms with Crippen molar-refractivity contribution in [1.29, 1.82) is 0 Å². The minimum absolute atomic E-state index is 0.371. The quantitative estimate of drug-likeness (QED) is 0.798. The van der Waals surface area contributed by atoms with E-state index in [0.29, 0.717) is 23.5 Å². The Morgan fingerprint density at radius 1 is 1.17 bits per heavy atom. The molecule has 0 aliphatic heterocycles. The Balaban J connectivity index is 2.07. The molecular weight excluding hydrogens is 305 g/mol. The van der Waals surface area contributed by atoms with Crippen LogP contribution in [0.4, 0.5) is 13.2 Å². The summed E-state index contributed by atoms with van der Waals surface area (Å²) in [6.45, 7) is 1.60. The number of imidazole rings is 1. The molecule has 1 aromatic carbocycles. The molecule has 6 heteroatoms. The first-order valence-corrected chi connectivity index (χ1v) is 7.12. The largest absolute Gasteiger partial charge is 0.417 e. The van der Waals surface area contributed by atoms with Crippen LogP contribution in [-0.4, -0.2) is 14.5 Å². The standard InChI is InChI=1S/C17H15F3N2O/c1-11-3-2-4-12(7-11)8-14-15(10-23)22-9-13(17(18,19)20)5-6-16(22)21-14/h2-7,9,23H,8,10H2,1H3. The zero-order valence-corrected chi connectivity index (χ0v) is 12.4. The van der Waals surface area contributed by atoms with Gasteiger partial charge in [0, 0.05) is 12.6 Å². The van der Waals surface area contributed by atoms with Crippen LogP contribution in [0.15, 0.2) is 42.6 Å². The van der Waals surface area contributed by atoms with Crippen LogP contribution in [0.5, 0.6) is 0 Å². The Labute approximate surface area is 131 Å². The van der Waals surface area contributed by atoms with Crippen LogP contribution >= 0.6 is 0 Å². The maximum Gasteiger partial charge on any atom is 0.417 e. The molecule has 0 saturated carbocycles. The van der Waals surface area contributed by atoms with E-state index < -0.39 is 11.7 Å². The van der Waals surface area contributed by atoms with Gasteiger partial charge in [0.2, 0.25) is 0 Å². The first-order chi connectivity index (χ1) is 10.9. The third-order valence-electron chi connectivity index (χ3n) is 3.73. The summed E-state index contributed by atoms with van der Waals surface area (Å²) in [6.07, 6.45) is -2.99. The Bertz CT molecular complexity index is 853. The van der Waals surface area contributed by atoms with E-state index in [2.05, 4.69) is 4.98 Å². The van der Waals surface area contributed by atoms with Gasteiger partial charge in [0.15, 0.2) is 0 Å². The van der Waals surface area contributed by atoms with Gasteiger partial charge in [0.1, 0.15) is 5.65 Å². The van der Waals surface area contributed by atoms with Gasteiger partial charge in [-0.15, -0.1) is 0 Å². The molecule has 2 heterocycles. The molecule has 0 saturated heterocycles. The van der Waals surface area contributed by atoms with Crippen LogP contribution in [0.25, 0.3) is 5.65 Å². The van der Waals surface area contributed by atoms with E-state index in [1.807, 2.05) is 31.2 Å². The van der Waals surface area contributed by atoms with Crippen molar-refractivity contribution in [2.45, 2.75) is 26.1 Å². The molecule has 0 aliphatic rings. The van der Waals surface area contributed by atoms with E-state index in [4.69, 9.17) is 0 Å². The van der Waals surface area contributed by atoms with Gasteiger partial charge in [-0.05, 0) is 24.6 Å². The SMILES string of the molecule is Cc1cccc(Cc2nc3ccc(C(F)(F)F)cn3c2CO)c1. The number of rotatable bonds is 3. The Morgan fingerprint density at radius 3 is 2.61 bits per heavy atom. The number of hydrogen-bond acceptors (Lipinski definition) is 2. The summed E-state index contributed by atoms with van der Waals surface area (Å²) in [5.41, 5.74) is 2.68. The molecule has 0 radical (unpaired) electrons. The van der Waals surface area contributed by atoms with Crippen molar-refractivity contribution < 1.29 is 18.3 Å². The second kappa shape index (κ2) is 5.70. The number of hydrogen-bond donors (Lipinski definition) is 1. The molecule has 0 amide bonds. The van der Waals surface area contributed by atoms with Crippen molar-refractivity contribution in [3.05, 3.63) is 70.7 Å². The highest BCUT2D eigenvalue weighted by molar-refractivity contribution is 5.46. The molecule has 0 aliphatic carbocycles.